The van der Waals surface area contributed by atoms with Crippen molar-refractivity contribution in [2.24, 2.45) is 11.8 Å². The summed E-state index contributed by atoms with van der Waals surface area (Å²) in [6.07, 6.45) is 4.10. The Morgan fingerprint density at radius 2 is 2.00 bits per heavy atom. The van der Waals surface area contributed by atoms with Crippen LogP contribution >= 0.6 is 0 Å². The number of carbonyl (C=O) groups is 1. The number of benzene rings is 1. The molecule has 27 heavy (non-hydrogen) atoms. The summed E-state index contributed by atoms with van der Waals surface area (Å²) in [6.45, 7) is 9.77. The lowest BCUT2D eigenvalue weighted by Crippen LogP contribution is -2.44. The van der Waals surface area contributed by atoms with Crippen LogP contribution in [0.4, 0.5) is 0 Å². The second kappa shape index (κ2) is 9.14. The summed E-state index contributed by atoms with van der Waals surface area (Å²) in [5.74, 6) is 1.02. The van der Waals surface area contributed by atoms with Gasteiger partial charge in [0.2, 0.25) is 0 Å². The number of hydrogen-bond acceptors (Lipinski definition) is 3. The summed E-state index contributed by atoms with van der Waals surface area (Å²) in [5, 5.41) is 3.31. The molecule has 2 heterocycles. The minimum Gasteiger partial charge on any atom is -0.343 e. The third-order valence-corrected chi connectivity index (χ3v) is 5.32. The summed E-state index contributed by atoms with van der Waals surface area (Å²) >= 11 is 0. The van der Waals surface area contributed by atoms with Gasteiger partial charge in [-0.25, -0.2) is 0 Å². The lowest BCUT2D eigenvalue weighted by molar-refractivity contribution is 0.0870. The Bertz CT molecular complexity index is 744. The molecule has 1 N–H and O–H groups in total. The minimum atomic E-state index is -0.0618. The van der Waals surface area contributed by atoms with Gasteiger partial charge in [0.25, 0.3) is 5.91 Å². The van der Waals surface area contributed by atoms with Gasteiger partial charge < -0.3 is 10.2 Å². The number of amides is 1. The van der Waals surface area contributed by atoms with Crippen LogP contribution < -0.4 is 5.32 Å². The first-order chi connectivity index (χ1) is 13.0. The third kappa shape index (κ3) is 5.16. The molecule has 4 nitrogen and oxygen atoms in total. The first-order valence-corrected chi connectivity index (χ1v) is 10.0. The Balaban J connectivity index is 1.81. The van der Waals surface area contributed by atoms with E-state index in [9.17, 15) is 4.79 Å². The van der Waals surface area contributed by atoms with E-state index in [0.717, 1.165) is 42.9 Å². The van der Waals surface area contributed by atoms with Crippen LogP contribution in [0.1, 0.15) is 54.3 Å². The number of carbonyl (C=O) groups excluding carboxylic acids is 1. The SMILES string of the molecule is Cc1ccccc1C(=O)N[C@H](c1ccccn1)[C@@H]1CCCN(CC(C)C)C1. The van der Waals surface area contributed by atoms with Gasteiger partial charge in [0, 0.05) is 24.8 Å². The fraction of sp³-hybridized carbons (Fsp3) is 0.478. The van der Waals surface area contributed by atoms with Crippen LogP contribution in [0.3, 0.4) is 0 Å². The third-order valence-electron chi connectivity index (χ3n) is 5.32. The zero-order valence-corrected chi connectivity index (χ0v) is 16.7. The lowest BCUT2D eigenvalue weighted by Gasteiger charge is -2.37. The maximum absolute atomic E-state index is 13.0. The van der Waals surface area contributed by atoms with Crippen LogP contribution in [-0.4, -0.2) is 35.4 Å². The first-order valence-electron chi connectivity index (χ1n) is 10.0. The van der Waals surface area contributed by atoms with E-state index < -0.39 is 0 Å². The van der Waals surface area contributed by atoms with Crippen molar-refractivity contribution >= 4 is 5.91 Å². The number of aromatic nitrogens is 1. The number of hydrogen-bond donors (Lipinski definition) is 1. The number of nitrogens with one attached hydrogen (secondary N) is 1. The molecular formula is C23H31N3O. The maximum atomic E-state index is 13.0. The monoisotopic (exact) mass is 365 g/mol. The van der Waals surface area contributed by atoms with Crippen molar-refractivity contribution in [3.8, 4) is 0 Å². The standard InChI is InChI=1S/C23H31N3O/c1-17(2)15-26-14-8-10-19(16-26)22(21-12-6-7-13-24-21)25-23(27)20-11-5-4-9-18(20)3/h4-7,9,11-13,17,19,22H,8,10,14-16H2,1-3H3,(H,25,27)/t19-,22+/m1/s1. The predicted octanol–water partition coefficient (Wildman–Crippen LogP) is 4.23. The molecule has 1 amide bonds. The van der Waals surface area contributed by atoms with Gasteiger partial charge in [-0.3, -0.25) is 9.78 Å². The fourth-order valence-electron chi connectivity index (χ4n) is 4.09. The van der Waals surface area contributed by atoms with Crippen molar-refractivity contribution in [2.75, 3.05) is 19.6 Å². The van der Waals surface area contributed by atoms with Crippen LogP contribution in [0.5, 0.6) is 0 Å². The quantitative estimate of drug-likeness (QED) is 0.833. The van der Waals surface area contributed by atoms with E-state index >= 15 is 0 Å². The highest BCUT2D eigenvalue weighted by atomic mass is 16.1. The second-order valence-corrected chi connectivity index (χ2v) is 8.08. The smallest absolute Gasteiger partial charge is 0.252 e. The van der Waals surface area contributed by atoms with Gasteiger partial charge in [-0.15, -0.1) is 0 Å². The molecule has 0 unspecified atom stereocenters. The molecule has 0 spiro atoms. The normalized spacial score (nSPS) is 19.0. The molecule has 2 atom stereocenters. The molecule has 1 fully saturated rings. The Labute approximate surface area is 163 Å². The molecule has 0 bridgehead atoms. The Morgan fingerprint density at radius 3 is 2.70 bits per heavy atom. The van der Waals surface area contributed by atoms with Gasteiger partial charge in [-0.2, -0.15) is 0 Å². The van der Waals surface area contributed by atoms with E-state index in [0.29, 0.717) is 11.8 Å². The lowest BCUT2D eigenvalue weighted by atomic mass is 9.87. The summed E-state index contributed by atoms with van der Waals surface area (Å²) < 4.78 is 0. The Kier molecular flexibility index (Phi) is 6.62. The van der Waals surface area contributed by atoms with Crippen molar-refractivity contribution in [3.05, 3.63) is 65.5 Å². The van der Waals surface area contributed by atoms with Gasteiger partial charge in [-0.05, 0) is 61.9 Å². The number of piperidine rings is 1. The van der Waals surface area contributed by atoms with Gasteiger partial charge in [0.1, 0.15) is 0 Å². The topological polar surface area (TPSA) is 45.2 Å². The average Bonchev–Trinajstić information content (AvgIpc) is 2.66. The van der Waals surface area contributed by atoms with Crippen LogP contribution in [0.2, 0.25) is 0 Å². The molecule has 1 saturated heterocycles. The number of nitrogens with zero attached hydrogens (tertiary/aromatic N) is 2. The zero-order chi connectivity index (χ0) is 19.2. The van der Waals surface area contributed by atoms with Crippen LogP contribution in [0.25, 0.3) is 0 Å². The molecule has 0 aliphatic carbocycles. The molecule has 3 rings (SSSR count). The largest absolute Gasteiger partial charge is 0.343 e. The molecule has 1 aliphatic rings. The summed E-state index contributed by atoms with van der Waals surface area (Å²) in [7, 11) is 0. The highest BCUT2D eigenvalue weighted by Crippen LogP contribution is 2.29. The number of pyridine rings is 1. The maximum Gasteiger partial charge on any atom is 0.252 e. The molecule has 1 aromatic carbocycles. The molecule has 144 valence electrons. The van der Waals surface area contributed by atoms with E-state index in [4.69, 9.17) is 0 Å². The molecule has 0 saturated carbocycles. The summed E-state index contributed by atoms with van der Waals surface area (Å²) in [5.41, 5.74) is 2.70. The highest BCUT2D eigenvalue weighted by molar-refractivity contribution is 5.95. The fourth-order valence-corrected chi connectivity index (χ4v) is 4.09. The van der Waals surface area contributed by atoms with Crippen LogP contribution in [0, 0.1) is 18.8 Å². The van der Waals surface area contributed by atoms with Gasteiger partial charge in [0.15, 0.2) is 0 Å². The molecule has 1 aromatic heterocycles. The molecule has 4 heteroatoms. The van der Waals surface area contributed by atoms with E-state index in [1.54, 1.807) is 0 Å². The summed E-state index contributed by atoms with van der Waals surface area (Å²) in [6, 6.07) is 13.7. The zero-order valence-electron chi connectivity index (χ0n) is 16.7. The molecule has 1 aliphatic heterocycles. The first kappa shape index (κ1) is 19.6. The van der Waals surface area contributed by atoms with Crippen LogP contribution in [-0.2, 0) is 0 Å². The molecular weight excluding hydrogens is 334 g/mol. The van der Waals surface area contributed by atoms with Crippen molar-refractivity contribution in [1.82, 2.24) is 15.2 Å². The minimum absolute atomic E-state index is 0.00950. The van der Waals surface area contributed by atoms with E-state index in [2.05, 4.69) is 29.0 Å². The second-order valence-electron chi connectivity index (χ2n) is 8.08. The van der Waals surface area contributed by atoms with Crippen LogP contribution in [0.15, 0.2) is 48.7 Å². The van der Waals surface area contributed by atoms with E-state index in [1.807, 2.05) is 55.6 Å². The van der Waals surface area contributed by atoms with E-state index in [-0.39, 0.29) is 11.9 Å². The van der Waals surface area contributed by atoms with E-state index in [1.165, 1.54) is 6.42 Å². The van der Waals surface area contributed by atoms with Crippen molar-refractivity contribution in [3.63, 3.8) is 0 Å². The number of likely N-dealkylation sites (tertiary alicyclic amines) is 1. The Morgan fingerprint density at radius 1 is 1.22 bits per heavy atom. The van der Waals surface area contributed by atoms with Gasteiger partial charge in [-0.1, -0.05) is 38.1 Å². The Hall–Kier alpha value is -2.20. The highest BCUT2D eigenvalue weighted by Gasteiger charge is 2.31. The predicted molar refractivity (Wildman–Crippen MR) is 110 cm³/mol. The number of rotatable bonds is 6. The molecule has 0 radical (unpaired) electrons. The van der Waals surface area contributed by atoms with Crippen molar-refractivity contribution < 1.29 is 4.79 Å². The van der Waals surface area contributed by atoms with Gasteiger partial charge in [0.05, 0.1) is 11.7 Å². The average molecular weight is 366 g/mol. The molecule has 2 aromatic rings. The van der Waals surface area contributed by atoms with Crippen molar-refractivity contribution in [1.29, 1.82) is 0 Å². The van der Waals surface area contributed by atoms with Gasteiger partial charge >= 0.3 is 0 Å². The number of aryl methyl sites for hydroxylation is 1. The van der Waals surface area contributed by atoms with Crippen molar-refractivity contribution in [2.45, 2.75) is 39.7 Å². The summed E-state index contributed by atoms with van der Waals surface area (Å²) in [4.78, 5) is 20.1.